The Morgan fingerprint density at radius 1 is 1.40 bits per heavy atom. The van der Waals surface area contributed by atoms with E-state index < -0.39 is 5.25 Å². The van der Waals surface area contributed by atoms with Gasteiger partial charge in [0.25, 0.3) is 0 Å². The molecule has 0 saturated carbocycles. The molecule has 1 unspecified atom stereocenters. The number of halogens is 1. The molecule has 2 heterocycles. The van der Waals surface area contributed by atoms with Crippen molar-refractivity contribution in [2.45, 2.75) is 36.8 Å². The van der Waals surface area contributed by atoms with Gasteiger partial charge in [-0.15, -0.1) is 22.0 Å². The van der Waals surface area contributed by atoms with Crippen LogP contribution in [0.25, 0.3) is 0 Å². The fraction of sp³-hybridized carbons (Fsp3) is 0.375. The molecular weight excluding hydrogens is 380 g/mol. The molecule has 132 valence electrons. The number of fused-ring (bicyclic) bond motifs is 1. The van der Waals surface area contributed by atoms with Gasteiger partial charge in [-0.05, 0) is 24.1 Å². The lowest BCUT2D eigenvalue weighted by atomic mass is 10.1. The predicted octanol–water partition coefficient (Wildman–Crippen LogP) is 3.83. The molecule has 0 bridgehead atoms. The van der Waals surface area contributed by atoms with Gasteiger partial charge in [0.15, 0.2) is 0 Å². The van der Waals surface area contributed by atoms with Crippen LogP contribution in [0.4, 0.5) is 10.8 Å². The van der Waals surface area contributed by atoms with E-state index in [1.54, 1.807) is 12.1 Å². The van der Waals surface area contributed by atoms with Crippen LogP contribution in [0.1, 0.15) is 25.3 Å². The van der Waals surface area contributed by atoms with Crippen molar-refractivity contribution in [2.75, 3.05) is 10.6 Å². The van der Waals surface area contributed by atoms with E-state index in [4.69, 9.17) is 11.6 Å². The standard InChI is InChI=1S/C16H17ClN4O2S2/c1-8(2)5-14-20-21-16(25-14)19-13(22)7-12-15(23)18-10-6-9(17)3-4-11(10)24-12/h3-4,6,8,12H,5,7H2,1-2H3,(H,18,23)(H,19,21,22). The molecule has 2 aromatic rings. The molecule has 25 heavy (non-hydrogen) atoms. The Morgan fingerprint density at radius 2 is 2.20 bits per heavy atom. The molecule has 0 aliphatic carbocycles. The fourth-order valence-electron chi connectivity index (χ4n) is 2.33. The predicted molar refractivity (Wildman–Crippen MR) is 101 cm³/mol. The van der Waals surface area contributed by atoms with Gasteiger partial charge >= 0.3 is 0 Å². The number of thioether (sulfide) groups is 1. The molecular formula is C16H17ClN4O2S2. The molecule has 1 aliphatic rings. The number of nitrogens with one attached hydrogen (secondary N) is 2. The van der Waals surface area contributed by atoms with Crippen molar-refractivity contribution in [3.63, 3.8) is 0 Å². The van der Waals surface area contributed by atoms with Crippen molar-refractivity contribution in [2.24, 2.45) is 5.92 Å². The highest BCUT2D eigenvalue weighted by molar-refractivity contribution is 8.01. The maximum absolute atomic E-state index is 12.2. The van der Waals surface area contributed by atoms with Crippen molar-refractivity contribution in [1.82, 2.24) is 10.2 Å². The number of carbonyl (C=O) groups excluding carboxylic acids is 2. The third kappa shape index (κ3) is 4.71. The van der Waals surface area contributed by atoms with E-state index in [2.05, 4.69) is 34.7 Å². The molecule has 1 aliphatic heterocycles. The van der Waals surface area contributed by atoms with Crippen molar-refractivity contribution in [3.8, 4) is 0 Å². The first kappa shape index (κ1) is 18.2. The van der Waals surface area contributed by atoms with Crippen LogP contribution in [0.5, 0.6) is 0 Å². The van der Waals surface area contributed by atoms with E-state index in [1.807, 2.05) is 6.07 Å². The van der Waals surface area contributed by atoms with E-state index in [0.717, 1.165) is 16.3 Å². The number of hydrogen-bond donors (Lipinski definition) is 2. The summed E-state index contributed by atoms with van der Waals surface area (Å²) in [5.74, 6) is 0.0254. The van der Waals surface area contributed by atoms with Gasteiger partial charge in [-0.1, -0.05) is 36.8 Å². The smallest absolute Gasteiger partial charge is 0.238 e. The summed E-state index contributed by atoms with van der Waals surface area (Å²) in [6, 6.07) is 5.31. The Labute approximate surface area is 158 Å². The van der Waals surface area contributed by atoms with E-state index in [1.165, 1.54) is 23.1 Å². The minimum atomic E-state index is -0.489. The summed E-state index contributed by atoms with van der Waals surface area (Å²) in [6.07, 6.45) is 0.894. The van der Waals surface area contributed by atoms with Crippen LogP contribution in [0.3, 0.4) is 0 Å². The lowest BCUT2D eigenvalue weighted by Gasteiger charge is -2.23. The maximum atomic E-state index is 12.2. The highest BCUT2D eigenvalue weighted by Crippen LogP contribution is 2.38. The molecule has 1 aromatic carbocycles. The molecule has 0 saturated heterocycles. The summed E-state index contributed by atoms with van der Waals surface area (Å²) in [4.78, 5) is 25.3. The minimum absolute atomic E-state index is 0.0671. The third-order valence-electron chi connectivity index (χ3n) is 3.43. The molecule has 6 nitrogen and oxygen atoms in total. The van der Waals surface area contributed by atoms with Gasteiger partial charge in [0, 0.05) is 22.8 Å². The van der Waals surface area contributed by atoms with Gasteiger partial charge in [-0.3, -0.25) is 9.59 Å². The maximum Gasteiger partial charge on any atom is 0.238 e. The molecule has 1 aromatic heterocycles. The number of benzene rings is 1. The molecule has 2 amide bonds. The lowest BCUT2D eigenvalue weighted by molar-refractivity contribution is -0.120. The van der Waals surface area contributed by atoms with Crippen LogP contribution in [0.2, 0.25) is 5.02 Å². The first-order valence-electron chi connectivity index (χ1n) is 7.80. The van der Waals surface area contributed by atoms with Gasteiger partial charge in [-0.2, -0.15) is 0 Å². The van der Waals surface area contributed by atoms with Crippen LogP contribution in [0, 0.1) is 5.92 Å². The fourth-order valence-corrected chi connectivity index (χ4v) is 4.56. The topological polar surface area (TPSA) is 84.0 Å². The van der Waals surface area contributed by atoms with Gasteiger partial charge in [0.05, 0.1) is 10.9 Å². The van der Waals surface area contributed by atoms with Crippen molar-refractivity contribution < 1.29 is 9.59 Å². The zero-order chi connectivity index (χ0) is 18.0. The summed E-state index contributed by atoms with van der Waals surface area (Å²) >= 11 is 8.66. The number of amides is 2. The van der Waals surface area contributed by atoms with Crippen LogP contribution in [-0.4, -0.2) is 27.3 Å². The number of hydrogen-bond acceptors (Lipinski definition) is 6. The second kappa shape index (κ2) is 7.72. The third-order valence-corrected chi connectivity index (χ3v) is 5.80. The summed E-state index contributed by atoms with van der Waals surface area (Å²) in [7, 11) is 0. The number of aromatic nitrogens is 2. The SMILES string of the molecule is CC(C)Cc1nnc(NC(=O)CC2Sc3ccc(Cl)cc3NC2=O)s1. The zero-order valence-electron chi connectivity index (χ0n) is 13.7. The number of rotatable bonds is 5. The van der Waals surface area contributed by atoms with E-state index in [9.17, 15) is 9.59 Å². The van der Waals surface area contributed by atoms with E-state index in [-0.39, 0.29) is 18.2 Å². The average molecular weight is 397 g/mol. The van der Waals surface area contributed by atoms with Gasteiger partial charge in [0.1, 0.15) is 5.01 Å². The van der Waals surface area contributed by atoms with Gasteiger partial charge in [-0.25, -0.2) is 0 Å². The van der Waals surface area contributed by atoms with E-state index in [0.29, 0.717) is 21.8 Å². The normalized spacial score (nSPS) is 16.5. The number of anilines is 2. The van der Waals surface area contributed by atoms with E-state index >= 15 is 0 Å². The monoisotopic (exact) mass is 396 g/mol. The molecule has 0 spiro atoms. The molecule has 3 rings (SSSR count). The van der Waals surface area contributed by atoms with Crippen LogP contribution >= 0.6 is 34.7 Å². The molecule has 9 heteroatoms. The molecule has 1 atom stereocenters. The minimum Gasteiger partial charge on any atom is -0.324 e. The second-order valence-electron chi connectivity index (χ2n) is 6.09. The Morgan fingerprint density at radius 3 is 2.96 bits per heavy atom. The lowest BCUT2D eigenvalue weighted by Crippen LogP contribution is -2.32. The van der Waals surface area contributed by atoms with Gasteiger partial charge in [0.2, 0.25) is 16.9 Å². The summed E-state index contributed by atoms with van der Waals surface area (Å²) in [5.41, 5.74) is 0.682. The van der Waals surface area contributed by atoms with Crippen molar-refractivity contribution in [1.29, 1.82) is 0 Å². The number of nitrogens with zero attached hydrogens (tertiary/aromatic N) is 2. The highest BCUT2D eigenvalue weighted by Gasteiger charge is 2.29. The van der Waals surface area contributed by atoms with Crippen LogP contribution < -0.4 is 10.6 Å². The van der Waals surface area contributed by atoms with Crippen LogP contribution in [-0.2, 0) is 16.0 Å². The first-order chi connectivity index (χ1) is 11.9. The molecule has 0 radical (unpaired) electrons. The Hall–Kier alpha value is -1.64. The molecule has 0 fully saturated rings. The average Bonchev–Trinajstić information content (AvgIpc) is 2.94. The quantitative estimate of drug-likeness (QED) is 0.802. The first-order valence-corrected chi connectivity index (χ1v) is 9.87. The summed E-state index contributed by atoms with van der Waals surface area (Å²) in [5, 5.41) is 15.0. The highest BCUT2D eigenvalue weighted by atomic mass is 35.5. The summed E-state index contributed by atoms with van der Waals surface area (Å²) in [6.45, 7) is 4.20. The Bertz CT molecular complexity index is 809. The number of carbonyl (C=O) groups is 2. The Balaban J connectivity index is 1.60. The largest absolute Gasteiger partial charge is 0.324 e. The zero-order valence-corrected chi connectivity index (χ0v) is 16.1. The van der Waals surface area contributed by atoms with Gasteiger partial charge < -0.3 is 10.6 Å². The Kier molecular flexibility index (Phi) is 5.61. The summed E-state index contributed by atoms with van der Waals surface area (Å²) < 4.78 is 0. The molecule has 2 N–H and O–H groups in total. The van der Waals surface area contributed by atoms with Crippen molar-refractivity contribution >= 4 is 57.3 Å². The van der Waals surface area contributed by atoms with Crippen molar-refractivity contribution in [3.05, 3.63) is 28.2 Å². The second-order valence-corrected chi connectivity index (χ2v) is 8.83. The van der Waals surface area contributed by atoms with Crippen LogP contribution in [0.15, 0.2) is 23.1 Å².